The fraction of sp³-hybridized carbons (Fsp3) is 0.300. The minimum absolute atomic E-state index is 0.0846. The van der Waals surface area contributed by atoms with Crippen LogP contribution in [0.1, 0.15) is 12.8 Å². The van der Waals surface area contributed by atoms with E-state index < -0.39 is 0 Å². The van der Waals surface area contributed by atoms with Gasteiger partial charge in [0.15, 0.2) is 0 Å². The quantitative estimate of drug-likeness (QED) is 0.726. The Morgan fingerprint density at radius 1 is 1.15 bits per heavy atom. The summed E-state index contributed by atoms with van der Waals surface area (Å²) in [4.78, 5) is 18.8. The third kappa shape index (κ3) is 4.14. The molecule has 2 aromatic carbocycles. The van der Waals surface area contributed by atoms with Crippen molar-refractivity contribution in [3.8, 4) is 10.9 Å². The van der Waals surface area contributed by atoms with Gasteiger partial charge >= 0.3 is 6.03 Å². The first-order chi connectivity index (χ1) is 13.2. The Kier molecular flexibility index (Phi) is 5.11. The zero-order chi connectivity index (χ0) is 18.6. The lowest BCUT2D eigenvalue weighted by atomic mass is 10.1. The molecular formula is C20H21N3O3S. The molecule has 1 saturated heterocycles. The van der Waals surface area contributed by atoms with Gasteiger partial charge in [0.2, 0.25) is 0 Å². The average molecular weight is 383 g/mol. The topological polar surface area (TPSA) is 63.7 Å². The minimum atomic E-state index is -0.0846. The van der Waals surface area contributed by atoms with E-state index in [1.54, 1.807) is 18.4 Å². The Balaban J connectivity index is 1.29. The summed E-state index contributed by atoms with van der Waals surface area (Å²) >= 11 is 1.57. The van der Waals surface area contributed by atoms with Gasteiger partial charge in [0.25, 0.3) is 5.19 Å². The standard InChI is InChI=1S/C20H21N3O3S/c1-25-15-8-6-14(7-9-15)21-19(24)23-12-10-16(11-13-23)26-20-22-17-4-2-3-5-18(17)27-20/h2-9,16H,10-13H2,1H3,(H,21,24). The molecule has 0 radical (unpaired) electrons. The van der Waals surface area contributed by atoms with Crippen LogP contribution in [0, 0.1) is 0 Å². The molecular weight excluding hydrogens is 362 g/mol. The van der Waals surface area contributed by atoms with Crippen LogP contribution in [0.15, 0.2) is 48.5 Å². The SMILES string of the molecule is COc1ccc(NC(=O)N2CCC(Oc3nc4ccccc4s3)CC2)cc1. The van der Waals surface area contributed by atoms with E-state index in [0.29, 0.717) is 18.3 Å². The Morgan fingerprint density at radius 2 is 1.89 bits per heavy atom. The van der Waals surface area contributed by atoms with Gasteiger partial charge < -0.3 is 19.7 Å². The molecule has 0 unspecified atom stereocenters. The van der Waals surface area contributed by atoms with Crippen molar-refractivity contribution in [3.05, 3.63) is 48.5 Å². The minimum Gasteiger partial charge on any atom is -0.497 e. The predicted molar refractivity (Wildman–Crippen MR) is 107 cm³/mol. The molecule has 0 saturated carbocycles. The Hall–Kier alpha value is -2.80. The Labute approximate surface area is 161 Å². The number of aromatic nitrogens is 1. The number of urea groups is 1. The maximum atomic E-state index is 12.4. The molecule has 0 aliphatic carbocycles. The van der Waals surface area contributed by atoms with E-state index >= 15 is 0 Å². The average Bonchev–Trinajstić information content (AvgIpc) is 3.11. The number of amides is 2. The lowest BCUT2D eigenvalue weighted by molar-refractivity contribution is 0.115. The van der Waals surface area contributed by atoms with Crippen molar-refractivity contribution in [2.45, 2.75) is 18.9 Å². The number of nitrogens with one attached hydrogen (secondary N) is 1. The molecule has 2 amide bonds. The third-order valence-corrected chi connectivity index (χ3v) is 5.54. The van der Waals surface area contributed by atoms with E-state index in [4.69, 9.17) is 9.47 Å². The van der Waals surface area contributed by atoms with Crippen molar-refractivity contribution >= 4 is 33.3 Å². The van der Waals surface area contributed by atoms with E-state index in [0.717, 1.165) is 34.5 Å². The third-order valence-electron chi connectivity index (χ3n) is 4.61. The Morgan fingerprint density at radius 3 is 2.59 bits per heavy atom. The van der Waals surface area contributed by atoms with Crippen LogP contribution in [0.25, 0.3) is 10.2 Å². The number of hydrogen-bond acceptors (Lipinski definition) is 5. The van der Waals surface area contributed by atoms with Crippen LogP contribution in [0.3, 0.4) is 0 Å². The molecule has 1 aromatic heterocycles. The number of carbonyl (C=O) groups is 1. The number of fused-ring (bicyclic) bond motifs is 1. The van der Waals surface area contributed by atoms with Gasteiger partial charge in [0, 0.05) is 31.6 Å². The van der Waals surface area contributed by atoms with Crippen molar-refractivity contribution < 1.29 is 14.3 Å². The van der Waals surface area contributed by atoms with Crippen LogP contribution in [0.4, 0.5) is 10.5 Å². The number of ether oxygens (including phenoxy) is 2. The van der Waals surface area contributed by atoms with Gasteiger partial charge in [0.1, 0.15) is 11.9 Å². The van der Waals surface area contributed by atoms with Crippen LogP contribution < -0.4 is 14.8 Å². The molecule has 0 bridgehead atoms. The van der Waals surface area contributed by atoms with Crippen LogP contribution in [0.2, 0.25) is 0 Å². The summed E-state index contributed by atoms with van der Waals surface area (Å²) in [5.74, 6) is 0.765. The first-order valence-corrected chi connectivity index (χ1v) is 9.75. The highest BCUT2D eigenvalue weighted by Gasteiger charge is 2.24. The van der Waals surface area contributed by atoms with Gasteiger partial charge in [-0.2, -0.15) is 0 Å². The van der Waals surface area contributed by atoms with Crippen molar-refractivity contribution in [2.75, 3.05) is 25.5 Å². The number of piperidine rings is 1. The molecule has 3 aromatic rings. The number of rotatable bonds is 4. The first kappa shape index (κ1) is 17.6. The zero-order valence-corrected chi connectivity index (χ0v) is 15.9. The maximum Gasteiger partial charge on any atom is 0.321 e. The molecule has 0 atom stereocenters. The van der Waals surface area contributed by atoms with Crippen molar-refractivity contribution in [1.82, 2.24) is 9.88 Å². The molecule has 140 valence electrons. The molecule has 6 nitrogen and oxygen atoms in total. The molecule has 0 spiro atoms. The number of carbonyl (C=O) groups excluding carboxylic acids is 1. The lowest BCUT2D eigenvalue weighted by Crippen LogP contribution is -2.43. The van der Waals surface area contributed by atoms with Crippen LogP contribution >= 0.6 is 11.3 Å². The van der Waals surface area contributed by atoms with Crippen molar-refractivity contribution in [3.63, 3.8) is 0 Å². The molecule has 1 aliphatic heterocycles. The summed E-state index contributed by atoms with van der Waals surface area (Å²) in [6.07, 6.45) is 1.69. The van der Waals surface area contributed by atoms with Gasteiger partial charge in [-0.05, 0) is 36.4 Å². The van der Waals surface area contributed by atoms with Crippen molar-refractivity contribution in [2.24, 2.45) is 0 Å². The molecule has 1 aliphatic rings. The van der Waals surface area contributed by atoms with E-state index in [1.807, 2.05) is 53.4 Å². The van der Waals surface area contributed by atoms with E-state index in [9.17, 15) is 4.79 Å². The van der Waals surface area contributed by atoms with Gasteiger partial charge in [-0.1, -0.05) is 23.5 Å². The summed E-state index contributed by atoms with van der Waals surface area (Å²) in [6, 6.07) is 15.3. The number of nitrogens with zero attached hydrogens (tertiary/aromatic N) is 2. The number of para-hydroxylation sites is 1. The van der Waals surface area contributed by atoms with Crippen molar-refractivity contribution in [1.29, 1.82) is 0 Å². The molecule has 1 N–H and O–H groups in total. The normalized spacial score (nSPS) is 14.9. The summed E-state index contributed by atoms with van der Waals surface area (Å²) in [6.45, 7) is 1.33. The summed E-state index contributed by atoms with van der Waals surface area (Å²) in [7, 11) is 1.62. The Bertz CT molecular complexity index is 885. The smallest absolute Gasteiger partial charge is 0.321 e. The fourth-order valence-corrected chi connectivity index (χ4v) is 3.98. The van der Waals surface area contributed by atoms with Crippen LogP contribution in [-0.2, 0) is 0 Å². The summed E-state index contributed by atoms with van der Waals surface area (Å²) in [5, 5.41) is 3.63. The van der Waals surface area contributed by atoms with Crippen LogP contribution in [-0.4, -0.2) is 42.2 Å². The molecule has 4 rings (SSSR count). The van der Waals surface area contributed by atoms with Gasteiger partial charge in [-0.15, -0.1) is 0 Å². The largest absolute Gasteiger partial charge is 0.497 e. The van der Waals surface area contributed by atoms with Gasteiger partial charge in [-0.3, -0.25) is 0 Å². The molecule has 7 heteroatoms. The van der Waals surface area contributed by atoms with Crippen LogP contribution in [0.5, 0.6) is 10.9 Å². The second-order valence-electron chi connectivity index (χ2n) is 6.41. The number of likely N-dealkylation sites (tertiary alicyclic amines) is 1. The summed E-state index contributed by atoms with van der Waals surface area (Å²) < 4.78 is 12.3. The predicted octanol–water partition coefficient (Wildman–Crippen LogP) is 4.38. The first-order valence-electron chi connectivity index (χ1n) is 8.93. The molecule has 27 heavy (non-hydrogen) atoms. The zero-order valence-electron chi connectivity index (χ0n) is 15.1. The number of benzene rings is 2. The number of hydrogen-bond donors (Lipinski definition) is 1. The molecule has 2 heterocycles. The monoisotopic (exact) mass is 383 g/mol. The van der Waals surface area contributed by atoms with E-state index in [-0.39, 0.29) is 12.1 Å². The number of thiazole rings is 1. The van der Waals surface area contributed by atoms with E-state index in [2.05, 4.69) is 10.3 Å². The molecule has 1 fully saturated rings. The second kappa shape index (κ2) is 7.84. The highest BCUT2D eigenvalue weighted by Crippen LogP contribution is 2.29. The number of anilines is 1. The maximum absolute atomic E-state index is 12.4. The van der Waals surface area contributed by atoms with Gasteiger partial charge in [-0.25, -0.2) is 9.78 Å². The lowest BCUT2D eigenvalue weighted by Gasteiger charge is -2.31. The summed E-state index contributed by atoms with van der Waals surface area (Å²) in [5.41, 5.74) is 1.72. The highest BCUT2D eigenvalue weighted by atomic mass is 32.1. The second-order valence-corrected chi connectivity index (χ2v) is 7.40. The fourth-order valence-electron chi connectivity index (χ4n) is 3.10. The van der Waals surface area contributed by atoms with Gasteiger partial charge in [0.05, 0.1) is 17.3 Å². The number of methoxy groups -OCH3 is 1. The van der Waals surface area contributed by atoms with E-state index in [1.165, 1.54) is 0 Å². The highest BCUT2D eigenvalue weighted by molar-refractivity contribution is 7.20.